The van der Waals surface area contributed by atoms with Crippen LogP contribution >= 0.6 is 0 Å². The van der Waals surface area contributed by atoms with Crippen molar-refractivity contribution in [2.24, 2.45) is 0 Å². The van der Waals surface area contributed by atoms with Crippen molar-refractivity contribution < 1.29 is 9.59 Å². The monoisotopic (exact) mass is 396 g/mol. The zero-order chi connectivity index (χ0) is 20.7. The van der Waals surface area contributed by atoms with E-state index in [1.165, 1.54) is 10.6 Å². The third-order valence-electron chi connectivity index (χ3n) is 6.25. The predicted molar refractivity (Wildman–Crippen MR) is 115 cm³/mol. The lowest BCUT2D eigenvalue weighted by Gasteiger charge is -2.46. The van der Waals surface area contributed by atoms with Gasteiger partial charge in [0.15, 0.2) is 0 Å². The van der Waals surface area contributed by atoms with Gasteiger partial charge in [-0.05, 0) is 23.6 Å². The number of carbonyl (C=O) groups excluding carboxylic acids is 2. The predicted octanol–water partition coefficient (Wildman–Crippen LogP) is 4.94. The standard InChI is InChI=1S/C26H24N2O2/c1-18-9-8-14-21(15-18)26-22(19-10-4-2-5-11-19)16-24(29)28-25(30)17-23(27(26)28)20-12-6-3-7-13-20/h2-15,22-23,26H,16-17H2,1H3/t22-,23+,26+/m0/s1. The van der Waals surface area contributed by atoms with Crippen molar-refractivity contribution in [2.75, 3.05) is 0 Å². The van der Waals surface area contributed by atoms with Gasteiger partial charge < -0.3 is 0 Å². The van der Waals surface area contributed by atoms with Crippen molar-refractivity contribution in [2.45, 2.75) is 37.8 Å². The van der Waals surface area contributed by atoms with Crippen molar-refractivity contribution in [3.8, 4) is 0 Å². The number of hydrogen-bond donors (Lipinski definition) is 0. The molecule has 0 aliphatic carbocycles. The number of hydrazine groups is 1. The quantitative estimate of drug-likeness (QED) is 0.589. The van der Waals surface area contributed by atoms with Crippen LogP contribution in [0, 0.1) is 6.92 Å². The summed E-state index contributed by atoms with van der Waals surface area (Å²) >= 11 is 0. The van der Waals surface area contributed by atoms with E-state index in [-0.39, 0.29) is 29.8 Å². The second-order valence-corrected chi connectivity index (χ2v) is 8.19. The number of benzene rings is 3. The fraction of sp³-hybridized carbons (Fsp3) is 0.231. The smallest absolute Gasteiger partial charge is 0.245 e. The topological polar surface area (TPSA) is 40.6 Å². The van der Waals surface area contributed by atoms with E-state index >= 15 is 0 Å². The molecule has 0 N–H and O–H groups in total. The highest BCUT2D eigenvalue weighted by Gasteiger charge is 2.52. The number of aryl methyl sites for hydroxylation is 1. The fourth-order valence-electron chi connectivity index (χ4n) is 4.96. The number of carbonyl (C=O) groups is 2. The second kappa shape index (κ2) is 7.54. The van der Waals surface area contributed by atoms with Crippen LogP contribution in [0.5, 0.6) is 0 Å². The SMILES string of the molecule is Cc1cccc([C@@H]2[C@H](c3ccccc3)CC(=O)N3C(=O)C[C@H](c4ccccc4)N23)c1. The summed E-state index contributed by atoms with van der Waals surface area (Å²) in [7, 11) is 0. The first-order valence-electron chi connectivity index (χ1n) is 10.4. The number of nitrogens with zero attached hydrogens (tertiary/aromatic N) is 2. The van der Waals surface area contributed by atoms with E-state index in [0.29, 0.717) is 12.8 Å². The van der Waals surface area contributed by atoms with E-state index < -0.39 is 0 Å². The first-order chi connectivity index (χ1) is 14.6. The van der Waals surface area contributed by atoms with Gasteiger partial charge in [-0.3, -0.25) is 9.59 Å². The molecule has 2 fully saturated rings. The molecule has 0 aromatic heterocycles. The summed E-state index contributed by atoms with van der Waals surface area (Å²) in [5, 5.41) is 3.47. The highest BCUT2D eigenvalue weighted by molar-refractivity contribution is 5.97. The first-order valence-corrected chi connectivity index (χ1v) is 10.4. The third-order valence-corrected chi connectivity index (χ3v) is 6.25. The highest BCUT2D eigenvalue weighted by Crippen LogP contribution is 2.50. The van der Waals surface area contributed by atoms with Crippen LogP contribution in [-0.2, 0) is 9.59 Å². The molecule has 2 saturated heterocycles. The molecule has 0 spiro atoms. The van der Waals surface area contributed by atoms with Gasteiger partial charge in [-0.2, -0.15) is 5.01 Å². The van der Waals surface area contributed by atoms with Crippen LogP contribution < -0.4 is 0 Å². The number of imide groups is 1. The second-order valence-electron chi connectivity index (χ2n) is 8.19. The minimum Gasteiger partial charge on any atom is -0.273 e. The molecule has 0 saturated carbocycles. The molecule has 30 heavy (non-hydrogen) atoms. The highest BCUT2D eigenvalue weighted by atomic mass is 16.2. The molecule has 0 bridgehead atoms. The van der Waals surface area contributed by atoms with Crippen LogP contribution in [-0.4, -0.2) is 21.8 Å². The van der Waals surface area contributed by atoms with Crippen molar-refractivity contribution >= 4 is 11.8 Å². The van der Waals surface area contributed by atoms with E-state index in [9.17, 15) is 9.59 Å². The maximum atomic E-state index is 13.2. The average Bonchev–Trinajstić information content (AvgIpc) is 3.12. The van der Waals surface area contributed by atoms with Gasteiger partial charge in [0.25, 0.3) is 0 Å². The molecule has 150 valence electrons. The Kier molecular flexibility index (Phi) is 4.72. The Hall–Kier alpha value is -3.24. The molecule has 5 rings (SSSR count). The zero-order valence-electron chi connectivity index (χ0n) is 16.9. The van der Waals surface area contributed by atoms with Crippen LogP contribution in [0.1, 0.15) is 53.1 Å². The molecule has 2 heterocycles. The maximum absolute atomic E-state index is 13.2. The number of amides is 2. The van der Waals surface area contributed by atoms with Gasteiger partial charge in [-0.15, -0.1) is 0 Å². The lowest BCUT2D eigenvalue weighted by Crippen LogP contribution is -2.52. The summed E-state index contributed by atoms with van der Waals surface area (Å²) in [5.41, 5.74) is 4.50. The Bertz CT molecular complexity index is 1080. The summed E-state index contributed by atoms with van der Waals surface area (Å²) in [4.78, 5) is 26.1. The van der Waals surface area contributed by atoms with Crippen LogP contribution in [0.15, 0.2) is 84.9 Å². The average molecular weight is 396 g/mol. The lowest BCUT2D eigenvalue weighted by atomic mass is 9.81. The number of fused-ring (bicyclic) bond motifs is 1. The minimum absolute atomic E-state index is 0.0196. The molecule has 2 amide bonds. The summed E-state index contributed by atoms with van der Waals surface area (Å²) in [6.45, 7) is 2.08. The Balaban J connectivity index is 1.68. The van der Waals surface area contributed by atoms with Gasteiger partial charge in [-0.25, -0.2) is 5.01 Å². The largest absolute Gasteiger partial charge is 0.273 e. The number of rotatable bonds is 3. The molecule has 4 heteroatoms. The van der Waals surface area contributed by atoms with E-state index in [4.69, 9.17) is 0 Å². The molecule has 4 nitrogen and oxygen atoms in total. The number of hydrogen-bond acceptors (Lipinski definition) is 3. The van der Waals surface area contributed by atoms with E-state index in [1.807, 2.05) is 48.5 Å². The minimum atomic E-state index is -0.153. The van der Waals surface area contributed by atoms with Gasteiger partial charge in [0, 0.05) is 12.3 Å². The Morgan fingerprint density at radius 2 is 1.30 bits per heavy atom. The van der Waals surface area contributed by atoms with Gasteiger partial charge in [-0.1, -0.05) is 90.5 Å². The molecule has 3 aromatic rings. The van der Waals surface area contributed by atoms with Gasteiger partial charge >= 0.3 is 0 Å². The van der Waals surface area contributed by atoms with Crippen molar-refractivity contribution in [1.29, 1.82) is 0 Å². The molecule has 2 aliphatic rings. The van der Waals surface area contributed by atoms with Crippen LogP contribution in [0.2, 0.25) is 0 Å². The van der Waals surface area contributed by atoms with E-state index in [0.717, 1.165) is 16.7 Å². The molecule has 3 aromatic carbocycles. The normalized spacial score (nSPS) is 24.2. The molecule has 2 aliphatic heterocycles. The molecule has 3 atom stereocenters. The molecule has 0 radical (unpaired) electrons. The van der Waals surface area contributed by atoms with E-state index in [1.54, 1.807) is 0 Å². The van der Waals surface area contributed by atoms with E-state index in [2.05, 4.69) is 48.3 Å². The van der Waals surface area contributed by atoms with Crippen LogP contribution in [0.3, 0.4) is 0 Å². The Labute approximate surface area is 176 Å². The Morgan fingerprint density at radius 1 is 0.700 bits per heavy atom. The lowest BCUT2D eigenvalue weighted by molar-refractivity contribution is -0.170. The fourth-order valence-corrected chi connectivity index (χ4v) is 4.96. The molecular weight excluding hydrogens is 372 g/mol. The zero-order valence-corrected chi connectivity index (χ0v) is 16.9. The van der Waals surface area contributed by atoms with Crippen molar-refractivity contribution in [1.82, 2.24) is 10.0 Å². The van der Waals surface area contributed by atoms with Crippen LogP contribution in [0.25, 0.3) is 0 Å². The summed E-state index contributed by atoms with van der Waals surface area (Å²) in [6, 6.07) is 28.4. The van der Waals surface area contributed by atoms with Crippen molar-refractivity contribution in [3.63, 3.8) is 0 Å². The molecule has 0 unspecified atom stereocenters. The molecular formula is C26H24N2O2. The third kappa shape index (κ3) is 3.14. The van der Waals surface area contributed by atoms with Crippen LogP contribution in [0.4, 0.5) is 0 Å². The Morgan fingerprint density at radius 3 is 1.97 bits per heavy atom. The van der Waals surface area contributed by atoms with Crippen molar-refractivity contribution in [3.05, 3.63) is 107 Å². The maximum Gasteiger partial charge on any atom is 0.245 e. The summed E-state index contributed by atoms with van der Waals surface area (Å²) in [6.07, 6.45) is 0.645. The van der Waals surface area contributed by atoms with Gasteiger partial charge in [0.2, 0.25) is 11.8 Å². The summed E-state index contributed by atoms with van der Waals surface area (Å²) in [5.74, 6) is -0.247. The summed E-state index contributed by atoms with van der Waals surface area (Å²) < 4.78 is 0. The van der Waals surface area contributed by atoms with Gasteiger partial charge in [0.05, 0.1) is 18.5 Å². The first kappa shape index (κ1) is 18.8. The van der Waals surface area contributed by atoms with Gasteiger partial charge in [0.1, 0.15) is 0 Å².